The van der Waals surface area contributed by atoms with Crippen molar-refractivity contribution in [1.82, 2.24) is 0 Å². The SMILES string of the molecule is CC1CC([S@@+]([O-])/N=C/C2CCC2)C1. The molecule has 2 rings (SSSR count). The van der Waals surface area contributed by atoms with Gasteiger partial charge in [0.1, 0.15) is 5.25 Å². The van der Waals surface area contributed by atoms with E-state index in [1.807, 2.05) is 6.21 Å². The molecule has 1 atom stereocenters. The molecule has 13 heavy (non-hydrogen) atoms. The van der Waals surface area contributed by atoms with Crippen LogP contribution in [0.1, 0.15) is 39.0 Å². The molecule has 2 saturated carbocycles. The molecule has 2 fully saturated rings. The van der Waals surface area contributed by atoms with Crippen molar-refractivity contribution >= 4 is 17.6 Å². The van der Waals surface area contributed by atoms with E-state index in [9.17, 15) is 4.55 Å². The minimum atomic E-state index is -0.918. The monoisotopic (exact) mass is 199 g/mol. The van der Waals surface area contributed by atoms with Crippen molar-refractivity contribution in [2.45, 2.75) is 44.3 Å². The smallest absolute Gasteiger partial charge is 0.144 e. The molecule has 0 aromatic rings. The van der Waals surface area contributed by atoms with E-state index >= 15 is 0 Å². The molecule has 0 heterocycles. The molecular formula is C10H17NOS. The van der Waals surface area contributed by atoms with Crippen LogP contribution in [0.5, 0.6) is 0 Å². The summed E-state index contributed by atoms with van der Waals surface area (Å²) in [6, 6.07) is 0. The highest BCUT2D eigenvalue weighted by molar-refractivity contribution is 7.90. The summed E-state index contributed by atoms with van der Waals surface area (Å²) in [7, 11) is 0. The predicted molar refractivity (Wildman–Crippen MR) is 56.2 cm³/mol. The van der Waals surface area contributed by atoms with Crippen LogP contribution in [0.4, 0.5) is 0 Å². The molecule has 0 aromatic carbocycles. The van der Waals surface area contributed by atoms with Crippen LogP contribution in [-0.4, -0.2) is 16.0 Å². The maximum absolute atomic E-state index is 11.5. The highest BCUT2D eigenvalue weighted by Gasteiger charge is 2.35. The Labute approximate surface area is 83.1 Å². The number of hydrogen-bond acceptors (Lipinski definition) is 2. The normalized spacial score (nSPS) is 37.1. The van der Waals surface area contributed by atoms with Gasteiger partial charge >= 0.3 is 0 Å². The van der Waals surface area contributed by atoms with Crippen molar-refractivity contribution < 1.29 is 4.55 Å². The second kappa shape index (κ2) is 4.01. The first-order chi connectivity index (χ1) is 6.25. The first-order valence-corrected chi connectivity index (χ1v) is 6.37. The zero-order chi connectivity index (χ0) is 9.26. The van der Waals surface area contributed by atoms with Crippen molar-refractivity contribution in [2.75, 3.05) is 0 Å². The van der Waals surface area contributed by atoms with Crippen molar-refractivity contribution in [3.8, 4) is 0 Å². The topological polar surface area (TPSA) is 35.4 Å². The highest BCUT2D eigenvalue weighted by Crippen LogP contribution is 2.33. The van der Waals surface area contributed by atoms with Crippen molar-refractivity contribution in [2.24, 2.45) is 16.2 Å². The molecule has 0 aliphatic heterocycles. The average molecular weight is 199 g/mol. The summed E-state index contributed by atoms with van der Waals surface area (Å²) in [6.45, 7) is 2.21. The first-order valence-electron chi connectivity index (χ1n) is 5.20. The molecule has 0 N–H and O–H groups in total. The quantitative estimate of drug-likeness (QED) is 0.507. The van der Waals surface area contributed by atoms with E-state index in [1.54, 1.807) is 0 Å². The van der Waals surface area contributed by atoms with Crippen LogP contribution in [0.2, 0.25) is 0 Å². The van der Waals surface area contributed by atoms with Crippen LogP contribution in [0, 0.1) is 11.8 Å². The maximum atomic E-state index is 11.5. The van der Waals surface area contributed by atoms with E-state index in [1.165, 1.54) is 19.3 Å². The van der Waals surface area contributed by atoms with Crippen LogP contribution in [0.15, 0.2) is 4.40 Å². The van der Waals surface area contributed by atoms with Gasteiger partial charge < -0.3 is 4.55 Å². The molecule has 0 aromatic heterocycles. The lowest BCUT2D eigenvalue weighted by molar-refractivity contribution is 0.344. The molecule has 0 unspecified atom stereocenters. The van der Waals surface area contributed by atoms with Gasteiger partial charge in [-0.3, -0.25) is 0 Å². The van der Waals surface area contributed by atoms with Crippen LogP contribution in [0.25, 0.3) is 0 Å². The molecule has 2 nitrogen and oxygen atoms in total. The van der Waals surface area contributed by atoms with Gasteiger partial charge in [0.2, 0.25) is 0 Å². The van der Waals surface area contributed by atoms with Crippen LogP contribution in [0.3, 0.4) is 0 Å². The fourth-order valence-corrected chi connectivity index (χ4v) is 3.26. The Morgan fingerprint density at radius 1 is 1.38 bits per heavy atom. The first kappa shape index (κ1) is 9.53. The fourth-order valence-electron chi connectivity index (χ4n) is 1.81. The van der Waals surface area contributed by atoms with Gasteiger partial charge in [-0.15, -0.1) is 0 Å². The molecule has 0 saturated heterocycles. The third-order valence-corrected chi connectivity index (χ3v) is 4.43. The Balaban J connectivity index is 1.71. The van der Waals surface area contributed by atoms with Gasteiger partial charge in [-0.25, -0.2) is 0 Å². The number of nitrogens with zero attached hydrogens (tertiary/aromatic N) is 1. The Morgan fingerprint density at radius 2 is 2.08 bits per heavy atom. The molecule has 74 valence electrons. The molecule has 3 heteroatoms. The summed E-state index contributed by atoms with van der Waals surface area (Å²) in [5.41, 5.74) is 0. The Bertz CT molecular complexity index is 197. The lowest BCUT2D eigenvalue weighted by Gasteiger charge is -2.30. The van der Waals surface area contributed by atoms with Crippen LogP contribution >= 0.6 is 0 Å². The largest absolute Gasteiger partial charge is 0.591 e. The van der Waals surface area contributed by atoms with Crippen molar-refractivity contribution in [3.05, 3.63) is 0 Å². The van der Waals surface area contributed by atoms with E-state index in [-0.39, 0.29) is 0 Å². The lowest BCUT2D eigenvalue weighted by Crippen LogP contribution is -2.33. The lowest BCUT2D eigenvalue weighted by atomic mass is 9.87. The standard InChI is InChI=1S/C10H17NOS/c1-8-5-10(6-8)13(12)11-7-9-3-2-4-9/h7-10H,2-6H2,1H3/b11-7+/t8?,10?,13-/m1/s1. The van der Waals surface area contributed by atoms with Gasteiger partial charge in [0, 0.05) is 12.8 Å². The van der Waals surface area contributed by atoms with E-state index in [0.29, 0.717) is 11.2 Å². The van der Waals surface area contributed by atoms with Gasteiger partial charge in [0.25, 0.3) is 0 Å². The molecule has 0 bridgehead atoms. The summed E-state index contributed by atoms with van der Waals surface area (Å²) in [5, 5.41) is 0.367. The Kier molecular flexibility index (Phi) is 2.94. The average Bonchev–Trinajstić information content (AvgIpc) is 1.95. The summed E-state index contributed by atoms with van der Waals surface area (Å²) in [6.07, 6.45) is 7.97. The third kappa shape index (κ3) is 2.26. The molecule has 2 aliphatic rings. The summed E-state index contributed by atoms with van der Waals surface area (Å²) in [4.78, 5) is 0. The summed E-state index contributed by atoms with van der Waals surface area (Å²) in [5.74, 6) is 1.41. The van der Waals surface area contributed by atoms with E-state index in [2.05, 4.69) is 11.3 Å². The van der Waals surface area contributed by atoms with Crippen LogP contribution < -0.4 is 0 Å². The third-order valence-electron chi connectivity index (χ3n) is 3.14. The van der Waals surface area contributed by atoms with Gasteiger partial charge in [-0.05, 0) is 24.7 Å². The highest BCUT2D eigenvalue weighted by atomic mass is 32.2. The maximum Gasteiger partial charge on any atom is 0.144 e. The second-order valence-electron chi connectivity index (χ2n) is 4.42. The predicted octanol–water partition coefficient (Wildman–Crippen LogP) is 2.32. The minimum absolute atomic E-state index is 0.367. The van der Waals surface area contributed by atoms with Crippen molar-refractivity contribution in [3.63, 3.8) is 0 Å². The van der Waals surface area contributed by atoms with Crippen LogP contribution in [-0.2, 0) is 11.4 Å². The van der Waals surface area contributed by atoms with Gasteiger partial charge in [0.05, 0.1) is 17.6 Å². The summed E-state index contributed by atoms with van der Waals surface area (Å²) < 4.78 is 15.7. The second-order valence-corrected chi connectivity index (χ2v) is 5.85. The number of hydrogen-bond donors (Lipinski definition) is 0. The Morgan fingerprint density at radius 3 is 2.54 bits per heavy atom. The van der Waals surface area contributed by atoms with Gasteiger partial charge in [0.15, 0.2) is 0 Å². The number of rotatable bonds is 3. The zero-order valence-electron chi connectivity index (χ0n) is 8.11. The van der Waals surface area contributed by atoms with E-state index in [4.69, 9.17) is 0 Å². The van der Waals surface area contributed by atoms with Gasteiger partial charge in [-0.1, -0.05) is 17.7 Å². The zero-order valence-corrected chi connectivity index (χ0v) is 8.93. The molecular weight excluding hydrogens is 182 g/mol. The van der Waals surface area contributed by atoms with E-state index < -0.39 is 11.4 Å². The fraction of sp³-hybridized carbons (Fsp3) is 0.900. The minimum Gasteiger partial charge on any atom is -0.591 e. The molecule has 0 radical (unpaired) electrons. The van der Waals surface area contributed by atoms with Crippen molar-refractivity contribution in [1.29, 1.82) is 0 Å². The molecule has 2 aliphatic carbocycles. The Hall–Kier alpha value is -0.0200. The molecule has 0 spiro atoms. The van der Waals surface area contributed by atoms with Gasteiger partial charge in [-0.2, -0.15) is 0 Å². The summed E-state index contributed by atoms with van der Waals surface area (Å²) >= 11 is -0.918. The molecule has 0 amide bonds. The van der Waals surface area contributed by atoms with E-state index in [0.717, 1.165) is 18.8 Å².